The van der Waals surface area contributed by atoms with E-state index in [9.17, 15) is 17.6 Å². The summed E-state index contributed by atoms with van der Waals surface area (Å²) in [6, 6.07) is 2.79. The number of rotatable bonds is 3. The smallest absolute Gasteiger partial charge is 0.380 e. The van der Waals surface area contributed by atoms with E-state index in [2.05, 4.69) is 19.2 Å². The molecule has 1 aliphatic carbocycles. The molecule has 3 unspecified atom stereocenters. The fraction of sp³-hybridized carbons (Fsp3) is 0.600. The van der Waals surface area contributed by atoms with Crippen LogP contribution in [0.1, 0.15) is 38.7 Å². The van der Waals surface area contributed by atoms with Crippen LogP contribution in [0.4, 0.5) is 23.2 Å². The molecular formula is C15H19F4N. The third-order valence-corrected chi connectivity index (χ3v) is 4.39. The van der Waals surface area contributed by atoms with Crippen molar-refractivity contribution in [2.75, 3.05) is 5.32 Å². The number of hydrogen-bond donors (Lipinski definition) is 1. The quantitative estimate of drug-likeness (QED) is 0.765. The molecule has 2 rings (SSSR count). The van der Waals surface area contributed by atoms with Gasteiger partial charge in [0.1, 0.15) is 5.82 Å². The molecule has 0 saturated heterocycles. The van der Waals surface area contributed by atoms with Gasteiger partial charge < -0.3 is 5.32 Å². The number of anilines is 1. The molecule has 1 aromatic rings. The summed E-state index contributed by atoms with van der Waals surface area (Å²) in [7, 11) is 0. The molecular weight excluding hydrogens is 270 g/mol. The van der Waals surface area contributed by atoms with Crippen LogP contribution < -0.4 is 5.32 Å². The number of alkyl halides is 3. The minimum Gasteiger partial charge on any atom is -0.380 e. The van der Waals surface area contributed by atoms with Gasteiger partial charge in [0.15, 0.2) is 0 Å². The lowest BCUT2D eigenvalue weighted by Gasteiger charge is -2.22. The summed E-state index contributed by atoms with van der Waals surface area (Å²) in [6.45, 7) is 4.24. The summed E-state index contributed by atoms with van der Waals surface area (Å²) in [5.41, 5.74) is -0.793. The third-order valence-electron chi connectivity index (χ3n) is 4.39. The van der Waals surface area contributed by atoms with Crippen LogP contribution in [0.5, 0.6) is 0 Å². The second-order valence-corrected chi connectivity index (χ2v) is 5.55. The second kappa shape index (κ2) is 5.62. The lowest BCUT2D eigenvalue weighted by molar-refractivity contribution is -0.137. The molecule has 1 nitrogen and oxygen atoms in total. The minimum absolute atomic E-state index is 0.131. The average Bonchev–Trinajstić information content (AvgIpc) is 2.71. The molecule has 0 heterocycles. The van der Waals surface area contributed by atoms with Crippen molar-refractivity contribution in [3.05, 3.63) is 29.6 Å². The van der Waals surface area contributed by atoms with Gasteiger partial charge in [-0.2, -0.15) is 13.2 Å². The lowest BCUT2D eigenvalue weighted by Crippen LogP contribution is -2.25. The molecule has 3 atom stereocenters. The zero-order chi connectivity index (χ0) is 14.9. The van der Waals surface area contributed by atoms with Crippen molar-refractivity contribution in [2.45, 2.75) is 45.3 Å². The highest BCUT2D eigenvalue weighted by atomic mass is 19.4. The van der Waals surface area contributed by atoms with E-state index >= 15 is 0 Å². The predicted molar refractivity (Wildman–Crippen MR) is 71.0 cm³/mol. The van der Waals surface area contributed by atoms with Crippen molar-refractivity contribution in [3.63, 3.8) is 0 Å². The van der Waals surface area contributed by atoms with Gasteiger partial charge in [0.05, 0.1) is 11.3 Å². The van der Waals surface area contributed by atoms with E-state index in [0.717, 1.165) is 25.3 Å². The molecule has 0 spiro atoms. The van der Waals surface area contributed by atoms with Gasteiger partial charge in [-0.1, -0.05) is 20.3 Å². The maximum Gasteiger partial charge on any atom is 0.416 e. The Labute approximate surface area is 116 Å². The zero-order valence-electron chi connectivity index (χ0n) is 11.6. The highest BCUT2D eigenvalue weighted by Crippen LogP contribution is 2.37. The van der Waals surface area contributed by atoms with Crippen molar-refractivity contribution in [3.8, 4) is 0 Å². The Hall–Kier alpha value is -1.26. The topological polar surface area (TPSA) is 12.0 Å². The van der Waals surface area contributed by atoms with Crippen molar-refractivity contribution in [2.24, 2.45) is 11.8 Å². The number of hydrogen-bond acceptors (Lipinski definition) is 1. The minimum atomic E-state index is -4.51. The van der Waals surface area contributed by atoms with E-state index in [-0.39, 0.29) is 11.7 Å². The van der Waals surface area contributed by atoms with E-state index in [0.29, 0.717) is 17.9 Å². The third kappa shape index (κ3) is 3.07. The van der Waals surface area contributed by atoms with Crippen LogP contribution in [-0.2, 0) is 6.18 Å². The first-order chi connectivity index (χ1) is 9.32. The first kappa shape index (κ1) is 15.1. The number of halogens is 4. The van der Waals surface area contributed by atoms with Crippen LogP contribution in [0.2, 0.25) is 0 Å². The van der Waals surface area contributed by atoms with Gasteiger partial charge >= 0.3 is 6.18 Å². The summed E-state index contributed by atoms with van der Waals surface area (Å²) in [6.07, 6.45) is -1.42. The summed E-state index contributed by atoms with van der Waals surface area (Å²) in [5, 5.41) is 3.06. The molecule has 0 radical (unpaired) electrons. The number of benzene rings is 1. The molecule has 1 aromatic carbocycles. The molecule has 112 valence electrons. The van der Waals surface area contributed by atoms with Crippen LogP contribution in [0.15, 0.2) is 18.2 Å². The standard InChI is InChI=1S/C15H19F4N/c1-3-10-4-6-13(9(10)2)20-14-7-5-11(8-12(14)16)15(17,18)19/h5,7-10,13,20H,3-4,6H2,1-2H3. The summed E-state index contributed by atoms with van der Waals surface area (Å²) < 4.78 is 51.2. The van der Waals surface area contributed by atoms with E-state index in [1.807, 2.05) is 0 Å². The van der Waals surface area contributed by atoms with Gasteiger partial charge in [0.2, 0.25) is 0 Å². The van der Waals surface area contributed by atoms with E-state index < -0.39 is 17.6 Å². The van der Waals surface area contributed by atoms with Crippen LogP contribution in [0.3, 0.4) is 0 Å². The second-order valence-electron chi connectivity index (χ2n) is 5.55. The van der Waals surface area contributed by atoms with E-state index in [1.165, 1.54) is 6.07 Å². The maximum absolute atomic E-state index is 13.8. The Morgan fingerprint density at radius 3 is 2.45 bits per heavy atom. The SMILES string of the molecule is CCC1CCC(Nc2ccc(C(F)(F)F)cc2F)C1C. The van der Waals surface area contributed by atoms with Gasteiger partial charge in [-0.15, -0.1) is 0 Å². The van der Waals surface area contributed by atoms with Crippen molar-refractivity contribution in [1.29, 1.82) is 0 Å². The normalized spacial score (nSPS) is 26.8. The average molecular weight is 289 g/mol. The van der Waals surface area contributed by atoms with Crippen LogP contribution in [0.25, 0.3) is 0 Å². The van der Waals surface area contributed by atoms with Crippen molar-refractivity contribution in [1.82, 2.24) is 0 Å². The maximum atomic E-state index is 13.8. The summed E-state index contributed by atoms with van der Waals surface area (Å²) >= 11 is 0. The van der Waals surface area contributed by atoms with Gasteiger partial charge in [0.25, 0.3) is 0 Å². The molecule has 1 fully saturated rings. The van der Waals surface area contributed by atoms with Crippen molar-refractivity contribution >= 4 is 5.69 Å². The van der Waals surface area contributed by atoms with Gasteiger partial charge in [-0.25, -0.2) is 4.39 Å². The molecule has 5 heteroatoms. The highest BCUT2D eigenvalue weighted by molar-refractivity contribution is 5.48. The predicted octanol–water partition coefficient (Wildman–Crippen LogP) is 5.08. The van der Waals surface area contributed by atoms with Gasteiger partial charge in [-0.05, 0) is 42.9 Å². The molecule has 0 bridgehead atoms. The van der Waals surface area contributed by atoms with E-state index in [4.69, 9.17) is 0 Å². The van der Waals surface area contributed by atoms with Gasteiger partial charge in [0, 0.05) is 6.04 Å². The molecule has 0 amide bonds. The monoisotopic (exact) mass is 289 g/mol. The van der Waals surface area contributed by atoms with Crippen LogP contribution >= 0.6 is 0 Å². The summed E-state index contributed by atoms with van der Waals surface area (Å²) in [4.78, 5) is 0. The van der Waals surface area contributed by atoms with Crippen LogP contribution in [-0.4, -0.2) is 6.04 Å². The summed E-state index contributed by atoms with van der Waals surface area (Å²) in [5.74, 6) is 0.165. The molecule has 1 N–H and O–H groups in total. The number of nitrogens with one attached hydrogen (secondary N) is 1. The Kier molecular flexibility index (Phi) is 4.25. The van der Waals surface area contributed by atoms with Crippen molar-refractivity contribution < 1.29 is 17.6 Å². The Bertz CT molecular complexity index is 469. The highest BCUT2D eigenvalue weighted by Gasteiger charge is 2.33. The Balaban J connectivity index is 2.11. The molecule has 20 heavy (non-hydrogen) atoms. The molecule has 1 aliphatic rings. The fourth-order valence-corrected chi connectivity index (χ4v) is 3.04. The fourth-order valence-electron chi connectivity index (χ4n) is 3.04. The first-order valence-electron chi connectivity index (χ1n) is 6.96. The zero-order valence-corrected chi connectivity index (χ0v) is 11.6. The molecule has 0 aliphatic heterocycles. The Morgan fingerprint density at radius 1 is 1.25 bits per heavy atom. The molecule has 0 aromatic heterocycles. The largest absolute Gasteiger partial charge is 0.416 e. The van der Waals surface area contributed by atoms with Crippen LogP contribution in [0, 0.1) is 17.7 Å². The Morgan fingerprint density at radius 2 is 1.95 bits per heavy atom. The van der Waals surface area contributed by atoms with Gasteiger partial charge in [-0.3, -0.25) is 0 Å². The lowest BCUT2D eigenvalue weighted by atomic mass is 9.93. The molecule has 1 saturated carbocycles. The van der Waals surface area contributed by atoms with E-state index in [1.54, 1.807) is 0 Å². The first-order valence-corrected chi connectivity index (χ1v) is 6.96.